The first-order valence-corrected chi connectivity index (χ1v) is 14.7. The molecule has 4 atom stereocenters. The van der Waals surface area contributed by atoms with Crippen LogP contribution in [-0.4, -0.2) is 80.2 Å². The second-order valence-electron chi connectivity index (χ2n) is 10.8. The smallest absolute Gasteiger partial charge is 0.430 e. The Labute approximate surface area is 261 Å². The van der Waals surface area contributed by atoms with Crippen molar-refractivity contribution in [1.29, 1.82) is 0 Å². The molecule has 44 heavy (non-hydrogen) atoms. The molecular weight excluding hydrogens is 603 g/mol. The number of rotatable bonds is 18. The van der Waals surface area contributed by atoms with Crippen molar-refractivity contribution in [3.8, 4) is 5.75 Å². The number of benzene rings is 2. The minimum atomic E-state index is -5.09. The summed E-state index contributed by atoms with van der Waals surface area (Å²) in [6.45, 7) is 4.31. The average molecular weight is 646 g/mol. The van der Waals surface area contributed by atoms with E-state index in [0.717, 1.165) is 36.5 Å². The number of hydrogen-bond acceptors (Lipinski definition) is 7. The average Bonchev–Trinajstić information content (AvgIpc) is 2.99. The van der Waals surface area contributed by atoms with Gasteiger partial charge < -0.3 is 30.4 Å². The van der Waals surface area contributed by atoms with Gasteiger partial charge in [0.1, 0.15) is 5.75 Å². The van der Waals surface area contributed by atoms with Gasteiger partial charge in [0, 0.05) is 57.3 Å². The molecule has 2 rings (SSSR count). The second-order valence-corrected chi connectivity index (χ2v) is 11.2. The van der Waals surface area contributed by atoms with Gasteiger partial charge in [-0.3, -0.25) is 14.0 Å². The number of hydrogen-bond donors (Lipinski definition) is 3. The Bertz CT molecular complexity index is 1170. The molecule has 0 heterocycles. The number of aliphatic hydroxyl groups is 1. The Hall–Kier alpha value is -2.90. The van der Waals surface area contributed by atoms with Gasteiger partial charge in [-0.2, -0.15) is 13.2 Å². The first-order valence-electron chi connectivity index (χ1n) is 14.4. The summed E-state index contributed by atoms with van der Waals surface area (Å²) < 4.78 is 59.1. The maximum absolute atomic E-state index is 14.2. The van der Waals surface area contributed by atoms with Gasteiger partial charge >= 0.3 is 6.18 Å². The van der Waals surface area contributed by atoms with Gasteiger partial charge in [0.15, 0.2) is 0 Å². The summed E-state index contributed by atoms with van der Waals surface area (Å²) in [6.07, 6.45) is -4.77. The minimum Gasteiger partial charge on any atom is -0.493 e. The Morgan fingerprint density at radius 3 is 2.23 bits per heavy atom. The summed E-state index contributed by atoms with van der Waals surface area (Å²) in [7, 11) is 2.42. The van der Waals surface area contributed by atoms with Crippen molar-refractivity contribution >= 4 is 23.6 Å². The molecule has 0 unspecified atom stereocenters. The molecular formula is C31H43ClF3N3O6. The minimum absolute atomic E-state index is 0.0337. The van der Waals surface area contributed by atoms with Crippen LogP contribution in [0.3, 0.4) is 0 Å². The third kappa shape index (κ3) is 9.80. The lowest BCUT2D eigenvalue weighted by atomic mass is 9.87. The lowest BCUT2D eigenvalue weighted by molar-refractivity contribution is -0.265. The van der Waals surface area contributed by atoms with Gasteiger partial charge in [0.25, 0.3) is 17.4 Å². The van der Waals surface area contributed by atoms with Crippen LogP contribution in [0, 0.1) is 11.8 Å². The number of nitrogens with one attached hydrogen (secondary N) is 1. The fraction of sp³-hybridized carbons (Fsp3) is 0.548. The number of unbranched alkanes of at least 4 members (excludes halogenated alkanes) is 1. The molecule has 0 aromatic heterocycles. The van der Waals surface area contributed by atoms with Crippen LogP contribution in [0.15, 0.2) is 54.6 Å². The van der Waals surface area contributed by atoms with Crippen LogP contribution >= 0.6 is 11.8 Å². The molecule has 0 aliphatic heterocycles. The highest BCUT2D eigenvalue weighted by atomic mass is 35.5. The first kappa shape index (κ1) is 37.3. The fourth-order valence-electron chi connectivity index (χ4n) is 4.68. The third-order valence-corrected chi connectivity index (χ3v) is 7.71. The zero-order valence-corrected chi connectivity index (χ0v) is 26.2. The van der Waals surface area contributed by atoms with Crippen LogP contribution in [0.25, 0.3) is 0 Å². The maximum Gasteiger partial charge on any atom is 0.430 e. The van der Waals surface area contributed by atoms with E-state index < -0.39 is 47.8 Å². The zero-order chi connectivity index (χ0) is 32.9. The van der Waals surface area contributed by atoms with E-state index in [2.05, 4.69) is 5.32 Å². The Morgan fingerprint density at radius 1 is 1.02 bits per heavy atom. The van der Waals surface area contributed by atoms with Crippen LogP contribution in [-0.2, 0) is 19.9 Å². The molecule has 0 saturated heterocycles. The third-order valence-electron chi connectivity index (χ3n) is 7.42. The number of amides is 2. The highest BCUT2D eigenvalue weighted by Gasteiger charge is 2.62. The zero-order valence-electron chi connectivity index (χ0n) is 25.5. The first-order chi connectivity index (χ1) is 20.8. The van der Waals surface area contributed by atoms with Crippen molar-refractivity contribution in [3.05, 3.63) is 65.7 Å². The molecule has 0 saturated carbocycles. The number of nitrogens with two attached hydrogens (primary N) is 1. The van der Waals surface area contributed by atoms with Gasteiger partial charge in [0.2, 0.25) is 0 Å². The molecule has 2 aromatic carbocycles. The Morgan fingerprint density at radius 2 is 1.64 bits per heavy atom. The van der Waals surface area contributed by atoms with Crippen LogP contribution in [0.1, 0.15) is 49.0 Å². The summed E-state index contributed by atoms with van der Waals surface area (Å²) in [5.74, 6) is -1.89. The van der Waals surface area contributed by atoms with E-state index in [1.165, 1.54) is 18.2 Å². The van der Waals surface area contributed by atoms with Crippen molar-refractivity contribution in [2.75, 3.05) is 40.5 Å². The highest BCUT2D eigenvalue weighted by molar-refractivity contribution is 6.24. The largest absolute Gasteiger partial charge is 0.493 e. The standard InChI is InChI=1S/C31H43ClF3N3O6/c1-21(2)22(20-38(32)28(40)24-14-8-9-15-27(24)44-17-11-10-16-42-3)18-25(36)26(39)19-37-29(41)30(43-4,31(33,34)35)23-12-6-5-7-13-23/h5-9,12-15,21-22,25-26,39H,10-11,16-20,36H2,1-4H3,(H,37,41)/t22-,25+,26+,30-/m1/s1. The van der Waals surface area contributed by atoms with E-state index in [0.29, 0.717) is 19.0 Å². The van der Waals surface area contributed by atoms with Crippen molar-refractivity contribution in [3.63, 3.8) is 0 Å². The van der Waals surface area contributed by atoms with E-state index in [1.807, 2.05) is 13.8 Å². The molecule has 0 aliphatic carbocycles. The van der Waals surface area contributed by atoms with Gasteiger partial charge in [-0.25, -0.2) is 0 Å². The molecule has 2 aromatic rings. The van der Waals surface area contributed by atoms with E-state index in [1.54, 1.807) is 31.4 Å². The number of carbonyl (C=O) groups excluding carboxylic acids is 2. The molecule has 4 N–H and O–H groups in total. The number of para-hydroxylation sites is 1. The van der Waals surface area contributed by atoms with E-state index in [4.69, 9.17) is 31.7 Å². The molecule has 0 bridgehead atoms. The highest BCUT2D eigenvalue weighted by Crippen LogP contribution is 2.42. The topological polar surface area (TPSA) is 123 Å². The SMILES string of the molecule is COCCCCOc1ccccc1C(=O)N(Cl)C[C@@H](C[C@H](N)[C@@H](O)CNC(=O)[C@](OC)(c1ccccc1)C(F)(F)F)C(C)C. The summed E-state index contributed by atoms with van der Waals surface area (Å²) in [4.78, 5) is 26.1. The lowest BCUT2D eigenvalue weighted by Gasteiger charge is -2.34. The van der Waals surface area contributed by atoms with Crippen molar-refractivity contribution in [1.82, 2.24) is 9.74 Å². The van der Waals surface area contributed by atoms with Gasteiger partial charge in [-0.1, -0.05) is 56.3 Å². The number of carbonyl (C=O) groups is 2. The maximum atomic E-state index is 14.2. The van der Waals surface area contributed by atoms with E-state index in [9.17, 15) is 27.9 Å². The number of nitrogens with zero attached hydrogens (tertiary/aromatic N) is 1. The lowest BCUT2D eigenvalue weighted by Crippen LogP contribution is -2.57. The van der Waals surface area contributed by atoms with Crippen LogP contribution in [0.5, 0.6) is 5.75 Å². The Kier molecular flexibility index (Phi) is 14.9. The van der Waals surface area contributed by atoms with Crippen LogP contribution in [0.2, 0.25) is 0 Å². The van der Waals surface area contributed by atoms with Crippen molar-refractivity contribution in [2.24, 2.45) is 17.6 Å². The van der Waals surface area contributed by atoms with Crippen LogP contribution < -0.4 is 15.8 Å². The number of aliphatic hydroxyl groups excluding tert-OH is 1. The summed E-state index contributed by atoms with van der Waals surface area (Å²) in [5, 5.41) is 12.9. The molecule has 0 fully saturated rings. The van der Waals surface area contributed by atoms with Crippen molar-refractivity contribution in [2.45, 2.75) is 57.0 Å². The van der Waals surface area contributed by atoms with Gasteiger partial charge in [-0.15, -0.1) is 0 Å². The normalized spacial score (nSPS) is 15.2. The monoisotopic (exact) mass is 645 g/mol. The molecule has 246 valence electrons. The number of halogens is 4. The molecule has 0 radical (unpaired) electrons. The molecule has 13 heteroatoms. The summed E-state index contributed by atoms with van der Waals surface area (Å²) >= 11 is 6.44. The second kappa shape index (κ2) is 17.6. The predicted molar refractivity (Wildman–Crippen MR) is 161 cm³/mol. The predicted octanol–water partition coefficient (Wildman–Crippen LogP) is 4.66. The summed E-state index contributed by atoms with van der Waals surface area (Å²) in [5.41, 5.74) is 2.83. The van der Waals surface area contributed by atoms with E-state index in [-0.39, 0.29) is 30.4 Å². The quantitative estimate of drug-likeness (QED) is 0.159. The number of ether oxygens (including phenoxy) is 3. The van der Waals surface area contributed by atoms with Gasteiger partial charge in [0.05, 0.1) is 18.3 Å². The Balaban J connectivity index is 2.05. The number of alkyl halides is 3. The van der Waals surface area contributed by atoms with Crippen LogP contribution in [0.4, 0.5) is 13.2 Å². The fourth-order valence-corrected chi connectivity index (χ4v) is 4.95. The van der Waals surface area contributed by atoms with Gasteiger partial charge in [-0.05, 0) is 43.2 Å². The summed E-state index contributed by atoms with van der Waals surface area (Å²) in [6, 6.07) is 12.3. The van der Waals surface area contributed by atoms with Crippen molar-refractivity contribution < 1.29 is 42.1 Å². The molecule has 0 spiro atoms. The number of methoxy groups -OCH3 is 2. The molecule has 2 amide bonds. The molecule has 0 aliphatic rings. The van der Waals surface area contributed by atoms with E-state index >= 15 is 0 Å². The molecule has 9 nitrogen and oxygen atoms in total.